The highest BCUT2D eigenvalue weighted by atomic mass is 35.5. The molecule has 2 rings (SSSR count). The second kappa shape index (κ2) is 11.0. The highest BCUT2D eigenvalue weighted by Crippen LogP contribution is 2.22. The normalized spacial score (nSPS) is 11.0. The van der Waals surface area contributed by atoms with Gasteiger partial charge in [0.05, 0.1) is 16.8 Å². The zero-order valence-electron chi connectivity index (χ0n) is 15.2. The Morgan fingerprint density at radius 1 is 1.07 bits per heavy atom. The van der Waals surface area contributed by atoms with Crippen LogP contribution in [0, 0.1) is 12.7 Å². The maximum Gasteiger partial charge on any atom is 0.414 e. The Labute approximate surface area is 166 Å². The number of anilines is 1. The predicted molar refractivity (Wildman–Crippen MR) is 103 cm³/mol. The molecule has 2 aromatic rings. The van der Waals surface area contributed by atoms with Crippen molar-refractivity contribution in [2.24, 2.45) is 0 Å². The molecule has 28 heavy (non-hydrogen) atoms. The van der Waals surface area contributed by atoms with Crippen LogP contribution in [-0.4, -0.2) is 34.1 Å². The third-order valence-electron chi connectivity index (χ3n) is 3.50. The van der Waals surface area contributed by atoms with Crippen molar-refractivity contribution >= 4 is 35.1 Å². The molecule has 9 heteroatoms. The molecule has 1 atom stereocenters. The van der Waals surface area contributed by atoms with Crippen LogP contribution in [0.25, 0.3) is 0 Å². The predicted octanol–water partition coefficient (Wildman–Crippen LogP) is 3.06. The first kappa shape index (κ1) is 23.1. The largest absolute Gasteiger partial charge is 0.473 e. The summed E-state index contributed by atoms with van der Waals surface area (Å²) in [6.07, 6.45) is 0. The number of carboxylic acid groups (broad SMARTS) is 2. The van der Waals surface area contributed by atoms with Crippen LogP contribution in [0.1, 0.15) is 18.1 Å². The zero-order chi connectivity index (χ0) is 21.3. The van der Waals surface area contributed by atoms with E-state index in [0.29, 0.717) is 12.2 Å². The van der Waals surface area contributed by atoms with Crippen molar-refractivity contribution in [1.82, 2.24) is 5.32 Å². The summed E-state index contributed by atoms with van der Waals surface area (Å²) in [4.78, 5) is 30.3. The van der Waals surface area contributed by atoms with E-state index >= 15 is 0 Å². The van der Waals surface area contributed by atoms with Crippen LogP contribution in [0.5, 0.6) is 0 Å². The molecule has 0 aliphatic carbocycles. The van der Waals surface area contributed by atoms with Gasteiger partial charge in [-0.3, -0.25) is 4.79 Å². The first-order valence-corrected chi connectivity index (χ1v) is 8.49. The molecule has 4 N–H and O–H groups in total. The number of nitrogens with one attached hydrogen (secondary N) is 2. The highest BCUT2D eigenvalue weighted by Gasteiger charge is 2.14. The fourth-order valence-corrected chi connectivity index (χ4v) is 2.12. The van der Waals surface area contributed by atoms with E-state index in [0.717, 1.165) is 5.56 Å². The lowest BCUT2D eigenvalue weighted by atomic mass is 10.1. The Kier molecular flexibility index (Phi) is 9.07. The van der Waals surface area contributed by atoms with Gasteiger partial charge in [0.2, 0.25) is 5.91 Å². The van der Waals surface area contributed by atoms with Crippen LogP contribution >= 0.6 is 11.6 Å². The summed E-state index contributed by atoms with van der Waals surface area (Å²) in [6, 6.07) is 11.6. The minimum absolute atomic E-state index is 0.180. The molecule has 0 aliphatic heterocycles. The highest BCUT2D eigenvalue weighted by molar-refractivity contribution is 6.33. The lowest BCUT2D eigenvalue weighted by Crippen LogP contribution is -2.37. The molecular formula is C19H20ClFN2O5. The summed E-state index contributed by atoms with van der Waals surface area (Å²) < 4.78 is 13.0. The number of halogens is 2. The fourth-order valence-electron chi connectivity index (χ4n) is 1.90. The topological polar surface area (TPSA) is 116 Å². The summed E-state index contributed by atoms with van der Waals surface area (Å²) in [6.45, 7) is 4.38. The van der Waals surface area contributed by atoms with Crippen molar-refractivity contribution in [2.75, 3.05) is 5.32 Å². The number of rotatable bonds is 5. The number of aliphatic carboxylic acids is 2. The average molecular weight is 411 g/mol. The first-order chi connectivity index (χ1) is 13.1. The Morgan fingerprint density at radius 2 is 1.64 bits per heavy atom. The summed E-state index contributed by atoms with van der Waals surface area (Å²) in [7, 11) is 0. The lowest BCUT2D eigenvalue weighted by molar-refractivity contribution is -0.159. The van der Waals surface area contributed by atoms with Gasteiger partial charge in [-0.1, -0.05) is 41.4 Å². The van der Waals surface area contributed by atoms with E-state index in [-0.39, 0.29) is 10.9 Å². The fraction of sp³-hybridized carbons (Fsp3) is 0.211. The van der Waals surface area contributed by atoms with Crippen molar-refractivity contribution in [2.45, 2.75) is 26.4 Å². The molecule has 0 aliphatic rings. The number of amides is 1. The van der Waals surface area contributed by atoms with Crippen LogP contribution in [-0.2, 0) is 20.9 Å². The van der Waals surface area contributed by atoms with E-state index in [1.165, 1.54) is 23.8 Å². The Balaban J connectivity index is 0.000000568. The second-order valence-corrected chi connectivity index (χ2v) is 6.22. The number of hydrogen-bond donors (Lipinski definition) is 4. The third kappa shape index (κ3) is 8.15. The van der Waals surface area contributed by atoms with Crippen LogP contribution in [0.15, 0.2) is 42.5 Å². The van der Waals surface area contributed by atoms with E-state index < -0.39 is 23.8 Å². The van der Waals surface area contributed by atoms with Crippen LogP contribution in [0.2, 0.25) is 5.02 Å². The van der Waals surface area contributed by atoms with E-state index in [1.54, 1.807) is 6.92 Å². The lowest BCUT2D eigenvalue weighted by Gasteiger charge is -2.15. The molecule has 0 fully saturated rings. The van der Waals surface area contributed by atoms with Crippen molar-refractivity contribution in [3.8, 4) is 0 Å². The van der Waals surface area contributed by atoms with Crippen LogP contribution < -0.4 is 10.6 Å². The van der Waals surface area contributed by atoms with E-state index in [1.807, 2.05) is 31.2 Å². The van der Waals surface area contributed by atoms with Crippen molar-refractivity contribution in [3.63, 3.8) is 0 Å². The molecule has 7 nitrogen and oxygen atoms in total. The molecule has 0 heterocycles. The number of benzene rings is 2. The van der Waals surface area contributed by atoms with E-state index in [2.05, 4.69) is 10.6 Å². The van der Waals surface area contributed by atoms with Gasteiger partial charge < -0.3 is 20.8 Å². The molecule has 0 saturated heterocycles. The van der Waals surface area contributed by atoms with Gasteiger partial charge in [-0.2, -0.15) is 0 Å². The van der Waals surface area contributed by atoms with E-state index in [4.69, 9.17) is 31.4 Å². The molecule has 0 aromatic heterocycles. The molecule has 1 unspecified atom stereocenters. The molecule has 0 radical (unpaired) electrons. The quantitative estimate of drug-likeness (QED) is 0.563. The zero-order valence-corrected chi connectivity index (χ0v) is 16.0. The summed E-state index contributed by atoms with van der Waals surface area (Å²) in [5, 5.41) is 20.8. The monoisotopic (exact) mass is 410 g/mol. The number of carbonyl (C=O) groups excluding carboxylic acids is 1. The number of carboxylic acids is 2. The molecular weight excluding hydrogens is 391 g/mol. The minimum atomic E-state index is -1.82. The van der Waals surface area contributed by atoms with Crippen molar-refractivity contribution in [1.29, 1.82) is 0 Å². The smallest absolute Gasteiger partial charge is 0.414 e. The van der Waals surface area contributed by atoms with Crippen LogP contribution in [0.4, 0.5) is 10.1 Å². The van der Waals surface area contributed by atoms with Gasteiger partial charge >= 0.3 is 11.9 Å². The standard InChI is InChI=1S/C17H18ClFN2O.C2H2O4/c1-11-3-5-13(6-4-11)10-20-12(2)17(22)21-16-8-7-14(19)9-15(16)18;3-1(4)2(5)6/h3-9,12,20H,10H2,1-2H3,(H,21,22);(H,3,4)(H,5,6). The number of hydrogen-bond acceptors (Lipinski definition) is 4. The summed E-state index contributed by atoms with van der Waals surface area (Å²) in [5.74, 6) is -4.31. The first-order valence-electron chi connectivity index (χ1n) is 8.11. The maximum absolute atomic E-state index is 13.0. The molecule has 0 spiro atoms. The third-order valence-corrected chi connectivity index (χ3v) is 3.81. The summed E-state index contributed by atoms with van der Waals surface area (Å²) >= 11 is 5.89. The Morgan fingerprint density at radius 3 is 2.14 bits per heavy atom. The Bertz CT molecular complexity index is 831. The van der Waals surface area contributed by atoms with Gasteiger partial charge in [-0.25, -0.2) is 14.0 Å². The van der Waals surface area contributed by atoms with Gasteiger partial charge in [0.1, 0.15) is 5.82 Å². The van der Waals surface area contributed by atoms with Crippen LogP contribution in [0.3, 0.4) is 0 Å². The molecule has 150 valence electrons. The average Bonchev–Trinajstić information content (AvgIpc) is 2.63. The minimum Gasteiger partial charge on any atom is -0.473 e. The Hall–Kier alpha value is -2.97. The molecule has 0 bridgehead atoms. The van der Waals surface area contributed by atoms with Gasteiger partial charge in [-0.05, 0) is 37.6 Å². The molecule has 0 saturated carbocycles. The van der Waals surface area contributed by atoms with E-state index in [9.17, 15) is 9.18 Å². The van der Waals surface area contributed by atoms with Crippen molar-refractivity contribution < 1.29 is 29.0 Å². The van der Waals surface area contributed by atoms with Crippen molar-refractivity contribution in [3.05, 3.63) is 64.4 Å². The van der Waals surface area contributed by atoms with Gasteiger partial charge in [0.25, 0.3) is 0 Å². The molecule has 2 aromatic carbocycles. The number of carbonyl (C=O) groups is 3. The number of aryl methyl sites for hydroxylation is 1. The maximum atomic E-state index is 13.0. The van der Waals surface area contributed by atoms with Gasteiger partial charge in [0, 0.05) is 6.54 Å². The molecule has 1 amide bonds. The second-order valence-electron chi connectivity index (χ2n) is 5.81. The summed E-state index contributed by atoms with van der Waals surface area (Å²) in [5.41, 5.74) is 2.70. The van der Waals surface area contributed by atoms with Gasteiger partial charge in [-0.15, -0.1) is 0 Å². The SMILES string of the molecule is Cc1ccc(CNC(C)C(=O)Nc2ccc(F)cc2Cl)cc1.O=C(O)C(=O)O. The van der Waals surface area contributed by atoms with Gasteiger partial charge in [0.15, 0.2) is 0 Å².